The highest BCUT2D eigenvalue weighted by molar-refractivity contribution is 5.85. The zero-order valence-corrected chi connectivity index (χ0v) is 8.55. The van der Waals surface area contributed by atoms with Crippen LogP contribution in [-0.2, 0) is 0 Å². The summed E-state index contributed by atoms with van der Waals surface area (Å²) in [6.45, 7) is 5.73. The number of hydrogen-bond donors (Lipinski definition) is 0. The van der Waals surface area contributed by atoms with E-state index in [9.17, 15) is 4.79 Å². The summed E-state index contributed by atoms with van der Waals surface area (Å²) in [7, 11) is 0. The fraction of sp³-hybridized carbons (Fsp3) is 0.250. The quantitative estimate of drug-likeness (QED) is 0.636. The molecule has 2 rings (SSSR count). The fourth-order valence-electron chi connectivity index (χ4n) is 1.67. The average molecular weight is 188 g/mol. The van der Waals surface area contributed by atoms with Crippen LogP contribution in [0.25, 0.3) is 10.8 Å². The van der Waals surface area contributed by atoms with Crippen molar-refractivity contribution in [1.82, 2.24) is 0 Å². The maximum absolute atomic E-state index is 11.6. The molecule has 1 aromatic heterocycles. The molecule has 2 nitrogen and oxygen atoms in total. The highest BCUT2D eigenvalue weighted by Gasteiger charge is 2.06. The first-order valence-corrected chi connectivity index (χ1v) is 4.60. The summed E-state index contributed by atoms with van der Waals surface area (Å²) in [4.78, 5) is 11.6. The Labute approximate surface area is 82.2 Å². The van der Waals surface area contributed by atoms with Gasteiger partial charge in [-0.15, -0.1) is 0 Å². The first-order valence-electron chi connectivity index (χ1n) is 4.60. The van der Waals surface area contributed by atoms with Gasteiger partial charge in [-0.05, 0) is 43.4 Å². The molecule has 0 saturated heterocycles. The van der Waals surface area contributed by atoms with Crippen LogP contribution < -0.4 is 5.63 Å². The smallest absolute Gasteiger partial charge is 0.344 e. The molecule has 0 saturated carbocycles. The lowest BCUT2D eigenvalue weighted by Gasteiger charge is -2.04. The second kappa shape index (κ2) is 2.98. The van der Waals surface area contributed by atoms with Gasteiger partial charge >= 0.3 is 5.63 Å². The molecule has 1 aromatic carbocycles. The van der Waals surface area contributed by atoms with Crippen LogP contribution in [0.3, 0.4) is 0 Å². The minimum atomic E-state index is -0.235. The monoisotopic (exact) mass is 188 g/mol. The molecule has 0 bridgehead atoms. The summed E-state index contributed by atoms with van der Waals surface area (Å²) in [6.07, 6.45) is 0. The van der Waals surface area contributed by atoms with Gasteiger partial charge in [0.05, 0.1) is 5.39 Å². The minimum absolute atomic E-state index is 0.235. The van der Waals surface area contributed by atoms with Crippen molar-refractivity contribution >= 4 is 10.8 Å². The van der Waals surface area contributed by atoms with Crippen molar-refractivity contribution in [2.45, 2.75) is 20.8 Å². The van der Waals surface area contributed by atoms with Gasteiger partial charge in [0.15, 0.2) is 0 Å². The lowest BCUT2D eigenvalue weighted by atomic mass is 10.0. The molecule has 1 heterocycles. The Bertz CT molecular complexity index is 550. The predicted molar refractivity (Wildman–Crippen MR) is 56.7 cm³/mol. The molecular weight excluding hydrogens is 176 g/mol. The Morgan fingerprint density at radius 3 is 2.57 bits per heavy atom. The van der Waals surface area contributed by atoms with Gasteiger partial charge in [0.1, 0.15) is 5.76 Å². The second-order valence-electron chi connectivity index (χ2n) is 3.62. The lowest BCUT2D eigenvalue weighted by molar-refractivity contribution is 0.488. The van der Waals surface area contributed by atoms with Gasteiger partial charge in [-0.1, -0.05) is 12.1 Å². The maximum Gasteiger partial charge on any atom is 0.344 e. The molecule has 0 fully saturated rings. The van der Waals surface area contributed by atoms with Gasteiger partial charge in [-0.2, -0.15) is 0 Å². The van der Waals surface area contributed by atoms with Crippen LogP contribution in [0.4, 0.5) is 0 Å². The van der Waals surface area contributed by atoms with Crippen LogP contribution in [0.1, 0.15) is 16.9 Å². The zero-order chi connectivity index (χ0) is 10.3. The van der Waals surface area contributed by atoms with Crippen LogP contribution >= 0.6 is 0 Å². The van der Waals surface area contributed by atoms with Gasteiger partial charge < -0.3 is 4.42 Å². The number of benzene rings is 1. The molecule has 72 valence electrons. The first-order chi connectivity index (χ1) is 6.59. The standard InChI is InChI=1S/C12H12O2/c1-7-4-5-10-6-8(2)14-12(13)11(10)9(7)3/h4-6H,1-3H3. The van der Waals surface area contributed by atoms with E-state index in [1.165, 1.54) is 0 Å². The molecule has 0 aliphatic rings. The molecule has 14 heavy (non-hydrogen) atoms. The molecule has 0 amide bonds. The molecule has 0 N–H and O–H groups in total. The van der Waals surface area contributed by atoms with Crippen LogP contribution in [0.5, 0.6) is 0 Å². The summed E-state index contributed by atoms with van der Waals surface area (Å²) in [6, 6.07) is 5.88. The van der Waals surface area contributed by atoms with Crippen molar-refractivity contribution in [3.05, 3.63) is 45.5 Å². The van der Waals surface area contributed by atoms with Crippen molar-refractivity contribution in [2.75, 3.05) is 0 Å². The van der Waals surface area contributed by atoms with Crippen molar-refractivity contribution in [2.24, 2.45) is 0 Å². The molecule has 2 heteroatoms. The van der Waals surface area contributed by atoms with Crippen molar-refractivity contribution < 1.29 is 4.42 Å². The highest BCUT2D eigenvalue weighted by Crippen LogP contribution is 2.18. The van der Waals surface area contributed by atoms with Crippen molar-refractivity contribution in [3.63, 3.8) is 0 Å². The summed E-state index contributed by atoms with van der Waals surface area (Å²) >= 11 is 0. The zero-order valence-electron chi connectivity index (χ0n) is 8.55. The van der Waals surface area contributed by atoms with E-state index in [0.29, 0.717) is 11.1 Å². The first kappa shape index (κ1) is 9.00. The number of rotatable bonds is 0. The van der Waals surface area contributed by atoms with Crippen molar-refractivity contribution in [1.29, 1.82) is 0 Å². The molecule has 0 aliphatic heterocycles. The van der Waals surface area contributed by atoms with E-state index in [-0.39, 0.29) is 5.63 Å². The summed E-state index contributed by atoms with van der Waals surface area (Å²) < 4.78 is 5.07. The molecule has 2 aromatic rings. The Kier molecular flexibility index (Phi) is 1.92. The van der Waals surface area contributed by atoms with E-state index in [2.05, 4.69) is 0 Å². The van der Waals surface area contributed by atoms with Crippen LogP contribution in [-0.4, -0.2) is 0 Å². The number of fused-ring (bicyclic) bond motifs is 1. The maximum atomic E-state index is 11.6. The molecule has 0 unspecified atom stereocenters. The topological polar surface area (TPSA) is 30.2 Å². The third-order valence-electron chi connectivity index (χ3n) is 2.58. The third-order valence-corrected chi connectivity index (χ3v) is 2.58. The minimum Gasteiger partial charge on any atom is -0.428 e. The predicted octanol–water partition coefficient (Wildman–Crippen LogP) is 2.72. The summed E-state index contributed by atoms with van der Waals surface area (Å²) in [5.41, 5.74) is 1.89. The summed E-state index contributed by atoms with van der Waals surface area (Å²) in [5, 5.41) is 1.66. The van der Waals surface area contributed by atoms with E-state index in [1.807, 2.05) is 32.0 Å². The van der Waals surface area contributed by atoms with Crippen LogP contribution in [0.15, 0.2) is 27.4 Å². The van der Waals surface area contributed by atoms with Gasteiger partial charge in [-0.25, -0.2) is 4.79 Å². The summed E-state index contributed by atoms with van der Waals surface area (Å²) in [5.74, 6) is 0.658. The van der Waals surface area contributed by atoms with Crippen LogP contribution in [0.2, 0.25) is 0 Å². The van der Waals surface area contributed by atoms with E-state index in [4.69, 9.17) is 4.42 Å². The second-order valence-corrected chi connectivity index (χ2v) is 3.62. The Balaban J connectivity index is 3.03. The number of hydrogen-bond acceptors (Lipinski definition) is 2. The highest BCUT2D eigenvalue weighted by atomic mass is 16.4. The lowest BCUT2D eigenvalue weighted by Crippen LogP contribution is -2.03. The average Bonchev–Trinajstić information content (AvgIpc) is 2.10. The molecule has 0 radical (unpaired) electrons. The Hall–Kier alpha value is -1.57. The Morgan fingerprint density at radius 2 is 1.86 bits per heavy atom. The van der Waals surface area contributed by atoms with Gasteiger partial charge in [0, 0.05) is 0 Å². The van der Waals surface area contributed by atoms with E-state index in [1.54, 1.807) is 6.92 Å². The fourth-order valence-corrected chi connectivity index (χ4v) is 1.67. The van der Waals surface area contributed by atoms with E-state index < -0.39 is 0 Å². The van der Waals surface area contributed by atoms with Gasteiger partial charge in [0.2, 0.25) is 0 Å². The Morgan fingerprint density at radius 1 is 1.14 bits per heavy atom. The molecular formula is C12H12O2. The van der Waals surface area contributed by atoms with Crippen LogP contribution in [0, 0.1) is 20.8 Å². The molecule has 0 atom stereocenters. The SMILES string of the molecule is Cc1cc2ccc(C)c(C)c2c(=O)o1. The van der Waals surface area contributed by atoms with Crippen molar-refractivity contribution in [3.8, 4) is 0 Å². The van der Waals surface area contributed by atoms with Gasteiger partial charge in [-0.3, -0.25) is 0 Å². The normalized spacial score (nSPS) is 10.8. The molecule has 0 aliphatic carbocycles. The third kappa shape index (κ3) is 1.23. The van der Waals surface area contributed by atoms with Gasteiger partial charge in [0.25, 0.3) is 0 Å². The largest absolute Gasteiger partial charge is 0.428 e. The number of aryl methyl sites for hydroxylation is 3. The van der Waals surface area contributed by atoms with E-state index >= 15 is 0 Å². The van der Waals surface area contributed by atoms with E-state index in [0.717, 1.165) is 16.5 Å². The molecule has 0 spiro atoms.